The van der Waals surface area contributed by atoms with Gasteiger partial charge in [-0.15, -0.1) is 0 Å². The average Bonchev–Trinajstić information content (AvgIpc) is 3.33. The molecule has 0 saturated carbocycles. The van der Waals surface area contributed by atoms with Crippen LogP contribution in [0.15, 0.2) is 70.3 Å². The minimum Gasteiger partial charge on any atom is -0.496 e. The van der Waals surface area contributed by atoms with E-state index in [1.807, 2.05) is 36.4 Å². The van der Waals surface area contributed by atoms with Gasteiger partial charge in [-0.25, -0.2) is 0 Å². The van der Waals surface area contributed by atoms with Gasteiger partial charge in [-0.1, -0.05) is 0 Å². The van der Waals surface area contributed by atoms with Gasteiger partial charge in [-0.05, 0) is 47.2 Å². The molecule has 0 radical (unpaired) electrons. The van der Waals surface area contributed by atoms with Crippen LogP contribution >= 0.6 is 0 Å². The summed E-state index contributed by atoms with van der Waals surface area (Å²) in [4.78, 5) is 0. The summed E-state index contributed by atoms with van der Waals surface area (Å²) in [7, 11) is 3.34. The van der Waals surface area contributed by atoms with Crippen LogP contribution < -0.4 is 9.47 Å². The summed E-state index contributed by atoms with van der Waals surface area (Å²) in [5.41, 5.74) is 3.94. The lowest BCUT2D eigenvalue weighted by atomic mass is 9.93. The zero-order chi connectivity index (χ0) is 16.5. The van der Waals surface area contributed by atoms with E-state index in [-0.39, 0.29) is 0 Å². The number of ether oxygens (including phenoxy) is 2. The number of hydrogen-bond donors (Lipinski definition) is 0. The summed E-state index contributed by atoms with van der Waals surface area (Å²) in [6.45, 7) is 0. The molecule has 24 heavy (non-hydrogen) atoms. The van der Waals surface area contributed by atoms with Gasteiger partial charge in [0, 0.05) is 22.3 Å². The molecule has 2 aromatic heterocycles. The summed E-state index contributed by atoms with van der Waals surface area (Å²) < 4.78 is 21.7. The fourth-order valence-corrected chi connectivity index (χ4v) is 3.11. The van der Waals surface area contributed by atoms with Crippen molar-refractivity contribution in [2.24, 2.45) is 0 Å². The lowest BCUT2D eigenvalue weighted by Crippen LogP contribution is -1.93. The monoisotopic (exact) mass is 320 g/mol. The van der Waals surface area contributed by atoms with Crippen LogP contribution in [-0.4, -0.2) is 14.2 Å². The number of methoxy groups -OCH3 is 2. The molecule has 0 unspecified atom stereocenters. The second kappa shape index (κ2) is 5.81. The first-order valence-corrected chi connectivity index (χ1v) is 7.56. The minimum atomic E-state index is 0.798. The van der Waals surface area contributed by atoms with Gasteiger partial charge in [-0.3, -0.25) is 0 Å². The Balaban J connectivity index is 2.11. The third kappa shape index (κ3) is 2.15. The molecule has 0 bridgehead atoms. The van der Waals surface area contributed by atoms with Crippen molar-refractivity contribution in [2.45, 2.75) is 0 Å². The summed E-state index contributed by atoms with van der Waals surface area (Å²) in [6, 6.07) is 11.9. The molecule has 0 saturated heterocycles. The standard InChI is InChI=1S/C20H16O4/c1-21-17-5-3-16-15(19(17)13-7-9-23-11-13)4-6-18(22-2)20(16)14-8-10-24-12-14/h3-12H,1-2H3. The average molecular weight is 320 g/mol. The predicted molar refractivity (Wildman–Crippen MR) is 92.5 cm³/mol. The van der Waals surface area contributed by atoms with E-state index in [0.29, 0.717) is 0 Å². The van der Waals surface area contributed by atoms with Gasteiger partial charge in [0.1, 0.15) is 11.5 Å². The van der Waals surface area contributed by atoms with Crippen LogP contribution in [0.5, 0.6) is 11.5 Å². The number of rotatable bonds is 4. The summed E-state index contributed by atoms with van der Waals surface area (Å²) in [5, 5.41) is 2.13. The van der Waals surface area contributed by atoms with E-state index in [1.54, 1.807) is 39.3 Å². The van der Waals surface area contributed by atoms with Crippen molar-refractivity contribution >= 4 is 10.8 Å². The highest BCUT2D eigenvalue weighted by atomic mass is 16.5. The number of hydrogen-bond acceptors (Lipinski definition) is 4. The summed E-state index contributed by atoms with van der Waals surface area (Å²) in [5.74, 6) is 1.60. The van der Waals surface area contributed by atoms with E-state index in [9.17, 15) is 0 Å². The van der Waals surface area contributed by atoms with Crippen LogP contribution in [0.2, 0.25) is 0 Å². The van der Waals surface area contributed by atoms with Crippen molar-refractivity contribution in [3.8, 4) is 33.8 Å². The second-order valence-corrected chi connectivity index (χ2v) is 5.40. The molecule has 0 aliphatic carbocycles. The lowest BCUT2D eigenvalue weighted by molar-refractivity contribution is 0.416. The Morgan fingerprint density at radius 2 is 1.08 bits per heavy atom. The van der Waals surface area contributed by atoms with Crippen molar-refractivity contribution in [3.63, 3.8) is 0 Å². The Kier molecular flexibility index (Phi) is 3.50. The van der Waals surface area contributed by atoms with E-state index >= 15 is 0 Å². The third-order valence-electron chi connectivity index (χ3n) is 4.18. The van der Waals surface area contributed by atoms with Crippen LogP contribution in [0.3, 0.4) is 0 Å². The first-order valence-electron chi connectivity index (χ1n) is 7.56. The Morgan fingerprint density at radius 1 is 0.625 bits per heavy atom. The molecular formula is C20H16O4. The largest absolute Gasteiger partial charge is 0.496 e. The van der Waals surface area contributed by atoms with Crippen molar-refractivity contribution in [3.05, 3.63) is 61.5 Å². The number of benzene rings is 2. The first kappa shape index (κ1) is 14.5. The summed E-state index contributed by atoms with van der Waals surface area (Å²) >= 11 is 0. The predicted octanol–water partition coefficient (Wildman–Crippen LogP) is 5.38. The van der Waals surface area contributed by atoms with Gasteiger partial charge in [0.05, 0.1) is 39.3 Å². The number of furan rings is 2. The molecule has 0 aliphatic heterocycles. The molecule has 4 rings (SSSR count). The molecule has 2 aromatic carbocycles. The normalized spacial score (nSPS) is 10.9. The molecule has 0 spiro atoms. The fraction of sp³-hybridized carbons (Fsp3) is 0.100. The first-order chi connectivity index (χ1) is 11.8. The van der Waals surface area contributed by atoms with E-state index in [1.165, 1.54) is 0 Å². The van der Waals surface area contributed by atoms with Gasteiger partial charge >= 0.3 is 0 Å². The smallest absolute Gasteiger partial charge is 0.127 e. The van der Waals surface area contributed by atoms with Crippen molar-refractivity contribution in [2.75, 3.05) is 14.2 Å². The van der Waals surface area contributed by atoms with Crippen molar-refractivity contribution in [1.29, 1.82) is 0 Å². The lowest BCUT2D eigenvalue weighted by Gasteiger charge is -2.15. The van der Waals surface area contributed by atoms with Crippen molar-refractivity contribution in [1.82, 2.24) is 0 Å². The van der Waals surface area contributed by atoms with Gasteiger partial charge in [0.2, 0.25) is 0 Å². The molecule has 0 atom stereocenters. The zero-order valence-electron chi connectivity index (χ0n) is 13.4. The maximum Gasteiger partial charge on any atom is 0.127 e. The van der Waals surface area contributed by atoms with Gasteiger partial charge in [0.15, 0.2) is 0 Å². The number of fused-ring (bicyclic) bond motifs is 1. The highest BCUT2D eigenvalue weighted by Crippen LogP contribution is 2.44. The highest BCUT2D eigenvalue weighted by Gasteiger charge is 2.17. The Labute approximate surface area is 139 Å². The Bertz CT molecular complexity index is 885. The molecular weight excluding hydrogens is 304 g/mol. The molecule has 4 nitrogen and oxygen atoms in total. The van der Waals surface area contributed by atoms with E-state index in [2.05, 4.69) is 0 Å². The topological polar surface area (TPSA) is 44.7 Å². The van der Waals surface area contributed by atoms with Gasteiger partial charge < -0.3 is 18.3 Å². The molecule has 4 aromatic rings. The van der Waals surface area contributed by atoms with Crippen LogP contribution in [0.25, 0.3) is 33.0 Å². The molecule has 0 amide bonds. The van der Waals surface area contributed by atoms with Crippen molar-refractivity contribution < 1.29 is 18.3 Å². The second-order valence-electron chi connectivity index (χ2n) is 5.40. The highest BCUT2D eigenvalue weighted by molar-refractivity contribution is 6.08. The Hall–Kier alpha value is -3.14. The third-order valence-corrected chi connectivity index (χ3v) is 4.18. The zero-order valence-corrected chi connectivity index (χ0v) is 13.4. The van der Waals surface area contributed by atoms with E-state index < -0.39 is 0 Å². The minimum absolute atomic E-state index is 0.798. The maximum atomic E-state index is 5.57. The maximum absolute atomic E-state index is 5.57. The van der Waals surface area contributed by atoms with Crippen LogP contribution in [-0.2, 0) is 0 Å². The van der Waals surface area contributed by atoms with E-state index in [0.717, 1.165) is 44.5 Å². The molecule has 0 N–H and O–H groups in total. The molecule has 120 valence electrons. The van der Waals surface area contributed by atoms with Gasteiger partial charge in [-0.2, -0.15) is 0 Å². The van der Waals surface area contributed by atoms with E-state index in [4.69, 9.17) is 18.3 Å². The molecule has 0 fully saturated rings. The quantitative estimate of drug-likeness (QED) is 0.506. The van der Waals surface area contributed by atoms with Crippen LogP contribution in [0.1, 0.15) is 0 Å². The fourth-order valence-electron chi connectivity index (χ4n) is 3.11. The van der Waals surface area contributed by atoms with Crippen LogP contribution in [0, 0.1) is 0 Å². The van der Waals surface area contributed by atoms with Gasteiger partial charge in [0.25, 0.3) is 0 Å². The molecule has 2 heterocycles. The summed E-state index contributed by atoms with van der Waals surface area (Å²) in [6.07, 6.45) is 6.76. The Morgan fingerprint density at radius 3 is 1.42 bits per heavy atom. The van der Waals surface area contributed by atoms with Crippen LogP contribution in [0.4, 0.5) is 0 Å². The SMILES string of the molecule is COc1ccc2c(-c3ccoc3)c(OC)ccc2c1-c1ccoc1. The molecule has 0 aliphatic rings. The molecule has 4 heteroatoms.